The quantitative estimate of drug-likeness (QED) is 0.549. The minimum atomic E-state index is -0.770. The van der Waals surface area contributed by atoms with Crippen molar-refractivity contribution < 1.29 is 28.2 Å². The van der Waals surface area contributed by atoms with Crippen molar-refractivity contribution >= 4 is 23.5 Å². The summed E-state index contributed by atoms with van der Waals surface area (Å²) in [6.45, 7) is 0.0804. The average molecular weight is 367 g/mol. The molecule has 0 atom stereocenters. The van der Waals surface area contributed by atoms with E-state index in [1.165, 1.54) is 12.1 Å². The fourth-order valence-electron chi connectivity index (χ4n) is 1.91. The maximum absolute atomic E-state index is 13.5. The molecule has 0 aliphatic heterocycles. The highest BCUT2D eigenvalue weighted by Crippen LogP contribution is 2.27. The van der Waals surface area contributed by atoms with E-state index < -0.39 is 17.8 Å². The Hall–Kier alpha value is -2.60. The number of benzene rings is 2. The van der Waals surface area contributed by atoms with Crippen molar-refractivity contribution in [2.75, 3.05) is 7.11 Å². The summed E-state index contributed by atoms with van der Waals surface area (Å²) in [5.74, 6) is -1.73. The van der Waals surface area contributed by atoms with Gasteiger partial charge in [-0.1, -0.05) is 29.8 Å². The number of rotatable bonds is 7. The van der Waals surface area contributed by atoms with Crippen LogP contribution in [0.3, 0.4) is 0 Å². The maximum Gasteiger partial charge on any atom is 0.311 e. The first kappa shape index (κ1) is 18.7. The Morgan fingerprint density at radius 1 is 1.04 bits per heavy atom. The van der Waals surface area contributed by atoms with Crippen molar-refractivity contribution in [3.05, 3.63) is 58.9 Å². The predicted octanol–water partition coefficient (Wildman–Crippen LogP) is 3.92. The molecule has 7 heteroatoms. The number of esters is 2. The van der Waals surface area contributed by atoms with Crippen molar-refractivity contribution in [2.24, 2.45) is 0 Å². The summed E-state index contributed by atoms with van der Waals surface area (Å²) in [6, 6.07) is 10.9. The van der Waals surface area contributed by atoms with Gasteiger partial charge in [-0.15, -0.1) is 0 Å². The lowest BCUT2D eigenvalue weighted by molar-refractivity contribution is -0.148. The monoisotopic (exact) mass is 366 g/mol. The molecule has 0 aromatic heterocycles. The number of para-hydroxylation sites is 1. The van der Waals surface area contributed by atoms with Gasteiger partial charge in [-0.2, -0.15) is 0 Å². The van der Waals surface area contributed by atoms with Crippen molar-refractivity contribution in [3.63, 3.8) is 0 Å². The number of hydrogen-bond acceptors (Lipinski definition) is 5. The lowest BCUT2D eigenvalue weighted by Crippen LogP contribution is -2.13. The van der Waals surface area contributed by atoms with Crippen LogP contribution in [-0.2, 0) is 20.9 Å². The number of carbonyl (C=O) groups is 2. The van der Waals surface area contributed by atoms with E-state index in [9.17, 15) is 14.0 Å². The number of hydrogen-bond donors (Lipinski definition) is 0. The van der Waals surface area contributed by atoms with Crippen molar-refractivity contribution in [2.45, 2.75) is 19.4 Å². The Labute approximate surface area is 149 Å². The fourth-order valence-corrected chi connectivity index (χ4v) is 2.11. The van der Waals surface area contributed by atoms with Gasteiger partial charge in [0.2, 0.25) is 0 Å². The van der Waals surface area contributed by atoms with Crippen LogP contribution in [0.2, 0.25) is 5.02 Å². The van der Waals surface area contributed by atoms with Gasteiger partial charge in [-0.05, 0) is 29.8 Å². The molecular formula is C18H16ClFO5. The molecule has 2 rings (SSSR count). The van der Waals surface area contributed by atoms with Gasteiger partial charge in [0.05, 0.1) is 25.0 Å². The van der Waals surface area contributed by atoms with Crippen LogP contribution in [0.1, 0.15) is 18.4 Å². The van der Waals surface area contributed by atoms with Gasteiger partial charge in [0.25, 0.3) is 0 Å². The predicted molar refractivity (Wildman–Crippen MR) is 89.1 cm³/mol. The molecule has 25 heavy (non-hydrogen) atoms. The molecule has 2 aromatic rings. The Balaban J connectivity index is 1.76. The zero-order valence-corrected chi connectivity index (χ0v) is 14.2. The molecule has 0 aliphatic carbocycles. The summed E-state index contributed by atoms with van der Waals surface area (Å²) in [7, 11) is 1.56. The van der Waals surface area contributed by atoms with E-state index in [0.717, 1.165) is 11.6 Å². The fraction of sp³-hybridized carbons (Fsp3) is 0.222. The first-order valence-corrected chi connectivity index (χ1v) is 7.80. The minimum Gasteiger partial charge on any atom is -0.497 e. The Kier molecular flexibility index (Phi) is 6.77. The van der Waals surface area contributed by atoms with Crippen LogP contribution in [0.15, 0.2) is 42.5 Å². The molecule has 5 nitrogen and oxygen atoms in total. The summed E-state index contributed by atoms with van der Waals surface area (Å²) >= 11 is 5.76. The molecule has 0 saturated carbocycles. The van der Waals surface area contributed by atoms with E-state index in [1.54, 1.807) is 31.4 Å². The second-order valence-corrected chi connectivity index (χ2v) is 5.44. The SMILES string of the molecule is COc1ccc(COC(=O)CCC(=O)Oc2c(F)cccc2Cl)cc1. The minimum absolute atomic E-state index is 0.0181. The third-order valence-electron chi connectivity index (χ3n) is 3.23. The molecule has 0 unspecified atom stereocenters. The first-order valence-electron chi connectivity index (χ1n) is 7.43. The lowest BCUT2D eigenvalue weighted by Gasteiger charge is -2.08. The highest BCUT2D eigenvalue weighted by molar-refractivity contribution is 6.32. The standard InChI is InChI=1S/C18H16ClFO5/c1-23-13-7-5-12(6-8-13)11-24-16(21)9-10-17(22)25-18-14(19)3-2-4-15(18)20/h2-8H,9-11H2,1H3. The van der Waals surface area contributed by atoms with Gasteiger partial charge in [0.15, 0.2) is 11.6 Å². The number of methoxy groups -OCH3 is 1. The Bertz CT molecular complexity index is 725. The van der Waals surface area contributed by atoms with Crippen LogP contribution in [0, 0.1) is 5.82 Å². The average Bonchev–Trinajstić information content (AvgIpc) is 2.62. The molecule has 0 saturated heterocycles. The summed E-state index contributed by atoms with van der Waals surface area (Å²) < 4.78 is 28.4. The zero-order valence-electron chi connectivity index (χ0n) is 13.5. The lowest BCUT2D eigenvalue weighted by atomic mass is 10.2. The highest BCUT2D eigenvalue weighted by atomic mass is 35.5. The molecule has 132 valence electrons. The van der Waals surface area contributed by atoms with Crippen LogP contribution in [0.5, 0.6) is 11.5 Å². The summed E-state index contributed by atoms with van der Waals surface area (Å²) in [5.41, 5.74) is 0.787. The molecule has 0 spiro atoms. The summed E-state index contributed by atoms with van der Waals surface area (Å²) in [6.07, 6.45) is -0.423. The van der Waals surface area contributed by atoms with Gasteiger partial charge in [-0.3, -0.25) is 9.59 Å². The third kappa shape index (κ3) is 5.76. The molecule has 2 aromatic carbocycles. The molecule has 0 aliphatic rings. The molecule has 0 heterocycles. The van der Waals surface area contributed by atoms with E-state index in [4.69, 9.17) is 25.8 Å². The zero-order chi connectivity index (χ0) is 18.2. The second kappa shape index (κ2) is 9.03. The van der Waals surface area contributed by atoms with Crippen LogP contribution in [0.25, 0.3) is 0 Å². The van der Waals surface area contributed by atoms with Crippen LogP contribution < -0.4 is 9.47 Å². The van der Waals surface area contributed by atoms with E-state index >= 15 is 0 Å². The smallest absolute Gasteiger partial charge is 0.311 e. The van der Waals surface area contributed by atoms with E-state index in [0.29, 0.717) is 5.75 Å². The van der Waals surface area contributed by atoms with Crippen molar-refractivity contribution in [1.82, 2.24) is 0 Å². The topological polar surface area (TPSA) is 61.8 Å². The number of halogens is 2. The maximum atomic E-state index is 13.5. The van der Waals surface area contributed by atoms with Gasteiger partial charge in [-0.25, -0.2) is 4.39 Å². The molecule has 0 N–H and O–H groups in total. The van der Waals surface area contributed by atoms with Crippen LogP contribution in [-0.4, -0.2) is 19.0 Å². The highest BCUT2D eigenvalue weighted by Gasteiger charge is 2.15. The van der Waals surface area contributed by atoms with Crippen LogP contribution in [0.4, 0.5) is 4.39 Å². The first-order chi connectivity index (χ1) is 12.0. The van der Waals surface area contributed by atoms with Crippen LogP contribution >= 0.6 is 11.6 Å². The number of ether oxygens (including phenoxy) is 3. The largest absolute Gasteiger partial charge is 0.497 e. The van der Waals surface area contributed by atoms with E-state index in [1.807, 2.05) is 0 Å². The molecule has 0 amide bonds. The molecule has 0 radical (unpaired) electrons. The summed E-state index contributed by atoms with van der Waals surface area (Å²) in [5, 5.41) is -0.0181. The van der Waals surface area contributed by atoms with Crippen molar-refractivity contribution in [3.8, 4) is 11.5 Å². The Morgan fingerprint density at radius 3 is 2.36 bits per heavy atom. The van der Waals surface area contributed by atoms with Gasteiger partial charge in [0.1, 0.15) is 12.4 Å². The van der Waals surface area contributed by atoms with Crippen molar-refractivity contribution in [1.29, 1.82) is 0 Å². The number of carbonyl (C=O) groups excluding carboxylic acids is 2. The van der Waals surface area contributed by atoms with Gasteiger partial charge >= 0.3 is 11.9 Å². The van der Waals surface area contributed by atoms with Gasteiger partial charge in [0, 0.05) is 0 Å². The summed E-state index contributed by atoms with van der Waals surface area (Å²) in [4.78, 5) is 23.4. The normalized spacial score (nSPS) is 10.2. The molecule has 0 fully saturated rings. The van der Waals surface area contributed by atoms with E-state index in [2.05, 4.69) is 0 Å². The Morgan fingerprint density at radius 2 is 1.72 bits per heavy atom. The van der Waals surface area contributed by atoms with Gasteiger partial charge < -0.3 is 14.2 Å². The van der Waals surface area contributed by atoms with E-state index in [-0.39, 0.29) is 30.2 Å². The second-order valence-electron chi connectivity index (χ2n) is 5.03. The molecular weight excluding hydrogens is 351 g/mol. The third-order valence-corrected chi connectivity index (χ3v) is 3.52. The molecule has 0 bridgehead atoms.